The first-order valence-electron chi connectivity index (χ1n) is 9.08. The fraction of sp³-hybridized carbons (Fsp3) is 0. The summed E-state index contributed by atoms with van der Waals surface area (Å²) >= 11 is 6.05. The van der Waals surface area contributed by atoms with E-state index >= 15 is 0 Å². The highest BCUT2D eigenvalue weighted by Gasteiger charge is 2.16. The van der Waals surface area contributed by atoms with E-state index in [-0.39, 0.29) is 22.7 Å². The number of aromatic hydroxyl groups is 1. The lowest BCUT2D eigenvalue weighted by molar-refractivity contribution is -0.268. The Morgan fingerprint density at radius 3 is 2.45 bits per heavy atom. The van der Waals surface area contributed by atoms with Crippen LogP contribution in [0.25, 0.3) is 16.5 Å². The number of aliphatic imine (C=N–C) groups is 1. The van der Waals surface area contributed by atoms with Crippen molar-refractivity contribution in [2.24, 2.45) is 4.99 Å². The summed E-state index contributed by atoms with van der Waals surface area (Å²) < 4.78 is 1.13. The van der Waals surface area contributed by atoms with E-state index in [2.05, 4.69) is 4.99 Å². The lowest BCUT2D eigenvalue weighted by atomic mass is 10.1. The maximum atomic E-state index is 13.1. The van der Waals surface area contributed by atoms with Gasteiger partial charge in [-0.05, 0) is 42.5 Å². The molecule has 0 spiro atoms. The number of hydrogen-bond acceptors (Lipinski definition) is 5. The van der Waals surface area contributed by atoms with Gasteiger partial charge in [-0.2, -0.15) is 0 Å². The minimum atomic E-state index is -1.32. The molecule has 3 aromatic carbocycles. The van der Waals surface area contributed by atoms with Crippen molar-refractivity contribution in [3.63, 3.8) is 0 Å². The number of nitrogens with zero attached hydrogens (tertiary/aromatic N) is 2. The molecule has 0 saturated heterocycles. The Morgan fingerprint density at radius 2 is 1.77 bits per heavy atom. The zero-order chi connectivity index (χ0) is 22.1. The molecule has 0 atom stereocenters. The molecular formula is C23H14ClN2O5-. The van der Waals surface area contributed by atoms with Crippen LogP contribution in [0.3, 0.4) is 0 Å². The number of carboxylic acid groups (broad SMARTS) is 1. The smallest absolute Gasteiger partial charge is 0.335 e. The average Bonchev–Trinajstić information content (AvgIpc) is 2.73. The van der Waals surface area contributed by atoms with Gasteiger partial charge >= 0.3 is 5.97 Å². The third-order valence-electron chi connectivity index (χ3n) is 4.71. The van der Waals surface area contributed by atoms with E-state index in [1.54, 1.807) is 48.5 Å². The molecule has 0 aliphatic heterocycles. The summed E-state index contributed by atoms with van der Waals surface area (Å²) in [5.41, 5.74) is 0.0499. The van der Waals surface area contributed by atoms with Gasteiger partial charge in [0.05, 0.1) is 22.5 Å². The van der Waals surface area contributed by atoms with Crippen molar-refractivity contribution >= 4 is 40.2 Å². The van der Waals surface area contributed by atoms with Gasteiger partial charge in [0.15, 0.2) is 0 Å². The molecule has 0 fully saturated rings. The van der Waals surface area contributed by atoms with Crippen LogP contribution in [-0.4, -0.2) is 27.0 Å². The van der Waals surface area contributed by atoms with E-state index in [0.717, 1.165) is 10.6 Å². The van der Waals surface area contributed by atoms with E-state index in [9.17, 15) is 19.8 Å². The van der Waals surface area contributed by atoms with Crippen molar-refractivity contribution in [2.75, 3.05) is 0 Å². The number of rotatable bonds is 4. The first kappa shape index (κ1) is 20.2. The second-order valence-electron chi connectivity index (χ2n) is 6.65. The number of carboxylic acids is 1. The van der Waals surface area contributed by atoms with Crippen LogP contribution in [-0.2, 0) is 0 Å². The fourth-order valence-corrected chi connectivity index (χ4v) is 3.44. The Bertz CT molecular complexity index is 1430. The topological polar surface area (TPSA) is 115 Å². The van der Waals surface area contributed by atoms with Gasteiger partial charge in [0.1, 0.15) is 0 Å². The molecule has 154 valence electrons. The van der Waals surface area contributed by atoms with Crippen molar-refractivity contribution < 1.29 is 20.1 Å². The maximum absolute atomic E-state index is 13.1. The van der Waals surface area contributed by atoms with Gasteiger partial charge < -0.3 is 15.3 Å². The minimum absolute atomic E-state index is 0.207. The summed E-state index contributed by atoms with van der Waals surface area (Å²) in [4.78, 5) is 28.3. The number of pyridine rings is 1. The Hall–Kier alpha value is -4.10. The summed E-state index contributed by atoms with van der Waals surface area (Å²) in [7, 11) is 0. The first-order chi connectivity index (χ1) is 14.9. The molecule has 0 unspecified atom stereocenters. The van der Waals surface area contributed by atoms with Gasteiger partial charge in [-0.15, -0.1) is 0 Å². The number of halogens is 1. The molecule has 1 aromatic heterocycles. The van der Waals surface area contributed by atoms with Crippen molar-refractivity contribution in [3.05, 3.63) is 93.2 Å². The molecule has 2 N–H and O–H groups in total. The highest BCUT2D eigenvalue weighted by Crippen LogP contribution is 2.28. The minimum Gasteiger partial charge on any atom is -0.872 e. The molecule has 1 heterocycles. The molecule has 0 radical (unpaired) electrons. The third kappa shape index (κ3) is 3.74. The van der Waals surface area contributed by atoms with E-state index < -0.39 is 17.3 Å². The molecule has 8 heteroatoms. The molecule has 0 saturated carbocycles. The molecule has 0 aliphatic rings. The summed E-state index contributed by atoms with van der Waals surface area (Å²) in [6, 6.07) is 16.9. The zero-order valence-corrected chi connectivity index (χ0v) is 16.6. The average molecular weight is 434 g/mol. The maximum Gasteiger partial charge on any atom is 0.335 e. The van der Waals surface area contributed by atoms with Gasteiger partial charge in [0, 0.05) is 22.0 Å². The number of aromatic nitrogens is 1. The second-order valence-corrected chi connectivity index (χ2v) is 7.08. The molecule has 0 bridgehead atoms. The lowest BCUT2D eigenvalue weighted by Crippen LogP contribution is -2.20. The SMILES string of the molecule is O=C(O)c1ccc(N=Cc2c(O)n(-c3cccc(Cl)c3)c(=O)c3ccccc23)cc1[O-]. The molecule has 31 heavy (non-hydrogen) atoms. The van der Waals surface area contributed by atoms with Crippen LogP contribution < -0.4 is 10.7 Å². The number of hydrogen-bond donors (Lipinski definition) is 2. The molecular weight excluding hydrogens is 420 g/mol. The highest BCUT2D eigenvalue weighted by atomic mass is 35.5. The van der Waals surface area contributed by atoms with E-state index in [0.29, 0.717) is 21.5 Å². The van der Waals surface area contributed by atoms with Crippen LogP contribution in [0.1, 0.15) is 15.9 Å². The largest absolute Gasteiger partial charge is 0.872 e. The van der Waals surface area contributed by atoms with Crippen molar-refractivity contribution in [3.8, 4) is 17.3 Å². The summed E-state index contributed by atoms with van der Waals surface area (Å²) in [6.45, 7) is 0. The first-order valence-corrected chi connectivity index (χ1v) is 9.45. The van der Waals surface area contributed by atoms with Crippen molar-refractivity contribution in [1.82, 2.24) is 4.57 Å². The zero-order valence-electron chi connectivity index (χ0n) is 15.8. The van der Waals surface area contributed by atoms with Gasteiger partial charge in [-0.25, -0.2) is 9.36 Å². The number of benzene rings is 3. The molecule has 7 nitrogen and oxygen atoms in total. The quantitative estimate of drug-likeness (QED) is 0.474. The normalized spacial score (nSPS) is 11.3. The summed E-state index contributed by atoms with van der Waals surface area (Å²) in [5, 5.41) is 33.1. The summed E-state index contributed by atoms with van der Waals surface area (Å²) in [6.07, 6.45) is 1.33. The Balaban J connectivity index is 1.92. The van der Waals surface area contributed by atoms with Crippen LogP contribution in [0.15, 0.2) is 76.5 Å². The van der Waals surface area contributed by atoms with Crippen molar-refractivity contribution in [1.29, 1.82) is 0 Å². The predicted octanol–water partition coefficient (Wildman–Crippen LogP) is 3.87. The number of aromatic carboxylic acids is 1. The van der Waals surface area contributed by atoms with Gasteiger partial charge in [0.2, 0.25) is 5.88 Å². The van der Waals surface area contributed by atoms with E-state index in [1.807, 2.05) is 0 Å². The van der Waals surface area contributed by atoms with Crippen LogP contribution in [0.4, 0.5) is 5.69 Å². The van der Waals surface area contributed by atoms with Gasteiger partial charge in [-0.1, -0.05) is 41.6 Å². The highest BCUT2D eigenvalue weighted by molar-refractivity contribution is 6.30. The van der Waals surface area contributed by atoms with Crippen LogP contribution in [0.5, 0.6) is 11.6 Å². The van der Waals surface area contributed by atoms with E-state index in [4.69, 9.17) is 16.7 Å². The van der Waals surface area contributed by atoms with Crippen LogP contribution >= 0.6 is 11.6 Å². The third-order valence-corrected chi connectivity index (χ3v) is 4.94. The summed E-state index contributed by atoms with van der Waals surface area (Å²) in [5.74, 6) is -2.35. The fourth-order valence-electron chi connectivity index (χ4n) is 3.25. The van der Waals surface area contributed by atoms with E-state index in [1.165, 1.54) is 18.3 Å². The molecule has 4 rings (SSSR count). The van der Waals surface area contributed by atoms with Crippen LogP contribution in [0.2, 0.25) is 5.02 Å². The monoisotopic (exact) mass is 433 g/mol. The van der Waals surface area contributed by atoms with Gasteiger partial charge in [0.25, 0.3) is 5.56 Å². The standard InChI is InChI=1S/C23H15ClN2O5/c24-13-4-3-5-15(10-13)26-21(28)17-7-2-1-6-16(17)19(22(26)29)12-25-14-8-9-18(23(30)31)20(27)11-14/h1-12,27,29H,(H,30,31)/p-1. The molecule has 4 aromatic rings. The number of carbonyl (C=O) groups is 1. The Kier molecular flexibility index (Phi) is 5.19. The molecule has 0 amide bonds. The Labute approximate surface area is 180 Å². The second kappa shape index (κ2) is 7.97. The predicted molar refractivity (Wildman–Crippen MR) is 116 cm³/mol. The van der Waals surface area contributed by atoms with Gasteiger partial charge in [-0.3, -0.25) is 9.79 Å². The molecule has 0 aliphatic carbocycles. The Morgan fingerprint density at radius 1 is 1.03 bits per heavy atom. The lowest BCUT2D eigenvalue weighted by Gasteiger charge is -2.14. The van der Waals surface area contributed by atoms with Crippen LogP contribution in [0, 0.1) is 0 Å². The number of fused-ring (bicyclic) bond motifs is 1. The van der Waals surface area contributed by atoms with Crippen molar-refractivity contribution in [2.45, 2.75) is 0 Å².